The lowest BCUT2D eigenvalue weighted by molar-refractivity contribution is 0.0954. The number of benzene rings is 2. The number of carbonyl (C=O) groups excluding carboxylic acids is 1. The highest BCUT2D eigenvalue weighted by Gasteiger charge is 2.13. The molecule has 0 radical (unpaired) electrons. The topological polar surface area (TPSA) is 66.9 Å². The van der Waals surface area contributed by atoms with Gasteiger partial charge in [0.2, 0.25) is 0 Å². The van der Waals surface area contributed by atoms with Crippen molar-refractivity contribution in [2.45, 2.75) is 33.7 Å². The Labute approximate surface area is 190 Å². The van der Waals surface area contributed by atoms with E-state index in [2.05, 4.69) is 34.4 Å². The van der Waals surface area contributed by atoms with Gasteiger partial charge >= 0.3 is 0 Å². The second kappa shape index (κ2) is 9.44. The number of nitrogens with one attached hydrogen (secondary N) is 2. The Hall–Kier alpha value is -3.32. The molecule has 0 saturated heterocycles. The van der Waals surface area contributed by atoms with Crippen LogP contribution in [0.3, 0.4) is 0 Å². The number of anilines is 1. The fourth-order valence-corrected chi connectivity index (χ4v) is 4.59. The number of hydrogen-bond donors (Lipinski definition) is 2. The summed E-state index contributed by atoms with van der Waals surface area (Å²) in [5.74, 6) is 1.21. The van der Waals surface area contributed by atoms with E-state index in [1.54, 1.807) is 23.5 Å². The van der Waals surface area contributed by atoms with Crippen LogP contribution in [0.5, 0.6) is 0 Å². The molecule has 0 aliphatic rings. The van der Waals surface area contributed by atoms with Gasteiger partial charge in [0.05, 0.1) is 5.39 Å². The standard InChI is InChI=1S/C25H25FN4OS/c1-15-16(2)32-25-22(15)23(29-17(3)30-25)28-14-19-4-8-20(9-5-19)24(31)27-13-12-18-6-10-21(26)11-7-18/h4-11H,12-14H2,1-3H3,(H,27,31)(H,28,29,30). The van der Waals surface area contributed by atoms with Gasteiger partial charge in [-0.15, -0.1) is 11.3 Å². The number of aryl methyl sites for hydroxylation is 3. The number of aromatic nitrogens is 2. The number of hydrogen-bond acceptors (Lipinski definition) is 5. The van der Waals surface area contributed by atoms with Gasteiger partial charge in [0, 0.05) is 23.5 Å². The molecule has 0 aliphatic heterocycles. The Kier molecular flexibility index (Phi) is 6.46. The van der Waals surface area contributed by atoms with Crippen molar-refractivity contribution < 1.29 is 9.18 Å². The van der Waals surface area contributed by atoms with Crippen molar-refractivity contribution in [2.75, 3.05) is 11.9 Å². The predicted molar refractivity (Wildman–Crippen MR) is 128 cm³/mol. The predicted octanol–water partition coefficient (Wildman–Crippen LogP) is 5.34. The number of halogens is 1. The zero-order chi connectivity index (χ0) is 22.7. The first-order valence-corrected chi connectivity index (χ1v) is 11.3. The van der Waals surface area contributed by atoms with Crippen molar-refractivity contribution in [3.05, 3.63) is 87.3 Å². The van der Waals surface area contributed by atoms with Crippen molar-refractivity contribution >= 4 is 33.3 Å². The molecule has 0 aliphatic carbocycles. The second-order valence-electron chi connectivity index (χ2n) is 7.77. The fraction of sp³-hybridized carbons (Fsp3) is 0.240. The Morgan fingerprint density at radius 2 is 1.66 bits per heavy atom. The Morgan fingerprint density at radius 3 is 2.38 bits per heavy atom. The number of rotatable bonds is 7. The van der Waals surface area contributed by atoms with Crippen molar-refractivity contribution in [3.8, 4) is 0 Å². The van der Waals surface area contributed by atoms with Crippen LogP contribution in [0.15, 0.2) is 48.5 Å². The first-order valence-electron chi connectivity index (χ1n) is 10.5. The van der Waals surface area contributed by atoms with Gasteiger partial charge in [0.15, 0.2) is 0 Å². The summed E-state index contributed by atoms with van der Waals surface area (Å²) in [5, 5.41) is 7.42. The summed E-state index contributed by atoms with van der Waals surface area (Å²) in [4.78, 5) is 23.8. The summed E-state index contributed by atoms with van der Waals surface area (Å²) in [6.07, 6.45) is 0.655. The third kappa shape index (κ3) is 4.94. The third-order valence-corrected chi connectivity index (χ3v) is 6.53. The van der Waals surface area contributed by atoms with E-state index in [-0.39, 0.29) is 11.7 Å². The zero-order valence-electron chi connectivity index (χ0n) is 18.3. The van der Waals surface area contributed by atoms with Crippen LogP contribution >= 0.6 is 11.3 Å². The molecular weight excluding hydrogens is 423 g/mol. The minimum Gasteiger partial charge on any atom is -0.365 e. The van der Waals surface area contributed by atoms with Crippen LogP contribution in [0.4, 0.5) is 10.2 Å². The number of amides is 1. The number of thiophene rings is 1. The van der Waals surface area contributed by atoms with Crippen LogP contribution in [0.25, 0.3) is 10.2 Å². The summed E-state index contributed by atoms with van der Waals surface area (Å²) >= 11 is 1.69. The third-order valence-electron chi connectivity index (χ3n) is 5.43. The highest BCUT2D eigenvalue weighted by Crippen LogP contribution is 2.33. The molecule has 2 N–H and O–H groups in total. The van der Waals surface area contributed by atoms with Gasteiger partial charge in [0.25, 0.3) is 5.91 Å². The van der Waals surface area contributed by atoms with Gasteiger partial charge in [-0.25, -0.2) is 14.4 Å². The van der Waals surface area contributed by atoms with Crippen molar-refractivity contribution in [1.29, 1.82) is 0 Å². The molecule has 1 amide bonds. The maximum Gasteiger partial charge on any atom is 0.251 e. The lowest BCUT2D eigenvalue weighted by Crippen LogP contribution is -2.25. The minimum absolute atomic E-state index is 0.121. The van der Waals surface area contributed by atoms with E-state index in [4.69, 9.17) is 0 Å². The van der Waals surface area contributed by atoms with Gasteiger partial charge < -0.3 is 10.6 Å². The molecule has 2 heterocycles. The molecule has 0 unspecified atom stereocenters. The summed E-state index contributed by atoms with van der Waals surface area (Å²) in [6, 6.07) is 13.9. The van der Waals surface area contributed by atoms with E-state index in [0.717, 1.165) is 33.0 Å². The maximum atomic E-state index is 13.0. The lowest BCUT2D eigenvalue weighted by atomic mass is 10.1. The molecule has 2 aromatic heterocycles. The summed E-state index contributed by atoms with van der Waals surface area (Å²) in [7, 11) is 0. The molecule has 164 valence electrons. The van der Waals surface area contributed by atoms with Crippen LogP contribution in [0.2, 0.25) is 0 Å². The number of fused-ring (bicyclic) bond motifs is 1. The molecule has 0 bridgehead atoms. The minimum atomic E-state index is -0.257. The van der Waals surface area contributed by atoms with E-state index in [1.165, 1.54) is 22.6 Å². The molecule has 32 heavy (non-hydrogen) atoms. The summed E-state index contributed by atoms with van der Waals surface area (Å²) < 4.78 is 13.0. The average Bonchev–Trinajstić information content (AvgIpc) is 3.07. The zero-order valence-corrected chi connectivity index (χ0v) is 19.1. The maximum absolute atomic E-state index is 13.0. The monoisotopic (exact) mass is 448 g/mol. The first-order chi connectivity index (χ1) is 15.4. The Balaban J connectivity index is 1.35. The summed E-state index contributed by atoms with van der Waals surface area (Å²) in [5.41, 5.74) is 3.86. The fourth-order valence-electron chi connectivity index (χ4n) is 3.52. The van der Waals surface area contributed by atoms with Crippen molar-refractivity contribution in [1.82, 2.24) is 15.3 Å². The molecule has 0 spiro atoms. The molecular formula is C25H25FN4OS. The van der Waals surface area contributed by atoms with Gasteiger partial charge in [-0.3, -0.25) is 4.79 Å². The molecule has 5 nitrogen and oxygen atoms in total. The van der Waals surface area contributed by atoms with E-state index in [1.807, 2.05) is 31.2 Å². The summed E-state index contributed by atoms with van der Waals surface area (Å²) in [6.45, 7) is 7.20. The van der Waals surface area contributed by atoms with E-state index < -0.39 is 0 Å². The average molecular weight is 449 g/mol. The molecule has 4 rings (SSSR count). The van der Waals surface area contributed by atoms with Crippen LogP contribution in [0, 0.1) is 26.6 Å². The molecule has 4 aromatic rings. The smallest absolute Gasteiger partial charge is 0.251 e. The highest BCUT2D eigenvalue weighted by atomic mass is 32.1. The van der Waals surface area contributed by atoms with Crippen molar-refractivity contribution in [3.63, 3.8) is 0 Å². The lowest BCUT2D eigenvalue weighted by Gasteiger charge is -2.10. The number of carbonyl (C=O) groups is 1. The SMILES string of the molecule is Cc1nc(NCc2ccc(C(=O)NCCc3ccc(F)cc3)cc2)c2c(C)c(C)sc2n1. The van der Waals surface area contributed by atoms with Gasteiger partial charge in [-0.2, -0.15) is 0 Å². The second-order valence-corrected chi connectivity index (χ2v) is 8.97. The Bertz CT molecular complexity index is 1250. The quantitative estimate of drug-likeness (QED) is 0.400. The molecule has 0 fully saturated rings. The van der Waals surface area contributed by atoms with Crippen LogP contribution in [0.1, 0.15) is 37.7 Å². The first kappa shape index (κ1) is 21.9. The Morgan fingerprint density at radius 1 is 0.969 bits per heavy atom. The van der Waals surface area contributed by atoms with Crippen molar-refractivity contribution in [2.24, 2.45) is 0 Å². The van der Waals surface area contributed by atoms with E-state index in [9.17, 15) is 9.18 Å². The van der Waals surface area contributed by atoms with Crippen LogP contribution in [-0.4, -0.2) is 22.4 Å². The van der Waals surface area contributed by atoms with Gasteiger partial charge in [0.1, 0.15) is 22.3 Å². The normalized spacial score (nSPS) is 11.0. The molecule has 7 heteroatoms. The highest BCUT2D eigenvalue weighted by molar-refractivity contribution is 7.18. The largest absolute Gasteiger partial charge is 0.365 e. The van der Waals surface area contributed by atoms with E-state index >= 15 is 0 Å². The number of nitrogens with zero attached hydrogens (tertiary/aromatic N) is 2. The molecule has 2 aromatic carbocycles. The van der Waals surface area contributed by atoms with Crippen LogP contribution < -0.4 is 10.6 Å². The van der Waals surface area contributed by atoms with Crippen LogP contribution in [-0.2, 0) is 13.0 Å². The molecule has 0 saturated carbocycles. The van der Waals surface area contributed by atoms with E-state index in [0.29, 0.717) is 25.1 Å². The van der Waals surface area contributed by atoms with Gasteiger partial charge in [-0.05, 0) is 68.1 Å². The van der Waals surface area contributed by atoms with Gasteiger partial charge in [-0.1, -0.05) is 24.3 Å². The molecule has 0 atom stereocenters.